The molecule has 2 aliphatic heterocycles. The van der Waals surface area contributed by atoms with Gasteiger partial charge in [0.15, 0.2) is 0 Å². The zero-order valence-corrected chi connectivity index (χ0v) is 15.9. The molecule has 0 saturated carbocycles. The number of hydrogen-bond acceptors (Lipinski definition) is 3. The molecule has 0 aliphatic carbocycles. The molecule has 0 fully saturated rings. The largest absolute Gasteiger partial charge is 0.312 e. The number of aryl methyl sites for hydroxylation is 2. The Kier molecular flexibility index (Phi) is 4.39. The number of fused-ring (bicyclic) bond motifs is 2. The normalized spacial score (nSPS) is 16.7. The van der Waals surface area contributed by atoms with E-state index in [2.05, 4.69) is 52.7 Å². The summed E-state index contributed by atoms with van der Waals surface area (Å²) >= 11 is 0. The first-order valence-corrected chi connectivity index (χ1v) is 9.54. The highest BCUT2D eigenvalue weighted by molar-refractivity contribution is 6.08. The average molecular weight is 349 g/mol. The molecule has 26 heavy (non-hydrogen) atoms. The van der Waals surface area contributed by atoms with Crippen LogP contribution in [0.15, 0.2) is 41.9 Å². The summed E-state index contributed by atoms with van der Waals surface area (Å²) in [6, 6.07) is 4.26. The van der Waals surface area contributed by atoms with Crippen LogP contribution in [0.5, 0.6) is 0 Å². The van der Waals surface area contributed by atoms with Gasteiger partial charge in [-0.25, -0.2) is 4.99 Å². The first-order chi connectivity index (χ1) is 12.5. The van der Waals surface area contributed by atoms with Crippen molar-refractivity contribution < 1.29 is 0 Å². The predicted octanol–water partition coefficient (Wildman–Crippen LogP) is 3.84. The lowest BCUT2D eigenvalue weighted by atomic mass is 10.0. The highest BCUT2D eigenvalue weighted by Gasteiger charge is 2.30. The molecular weight excluding hydrogens is 322 g/mol. The Morgan fingerprint density at radius 2 is 1.38 bits per heavy atom. The Hall–Kier alpha value is -2.43. The van der Waals surface area contributed by atoms with Crippen LogP contribution in [0.2, 0.25) is 0 Å². The molecule has 5 nitrogen and oxygen atoms in total. The summed E-state index contributed by atoms with van der Waals surface area (Å²) in [6.45, 7) is 8.48. The van der Waals surface area contributed by atoms with Gasteiger partial charge in [0.2, 0.25) is 5.96 Å². The van der Waals surface area contributed by atoms with Gasteiger partial charge < -0.3 is 9.80 Å². The van der Waals surface area contributed by atoms with Gasteiger partial charge >= 0.3 is 0 Å². The Morgan fingerprint density at radius 1 is 0.885 bits per heavy atom. The molecule has 5 heteroatoms. The summed E-state index contributed by atoms with van der Waals surface area (Å²) in [5.41, 5.74) is 4.97. The molecule has 0 radical (unpaired) electrons. The van der Waals surface area contributed by atoms with Crippen molar-refractivity contribution in [3.05, 3.63) is 48.0 Å². The monoisotopic (exact) mass is 349 g/mol. The maximum absolute atomic E-state index is 5.18. The first-order valence-electron chi connectivity index (χ1n) is 9.54. The van der Waals surface area contributed by atoms with Crippen molar-refractivity contribution in [3.8, 4) is 0 Å². The molecule has 4 heterocycles. The number of aromatic nitrogens is 2. The molecule has 4 rings (SSSR count). The molecule has 0 unspecified atom stereocenters. The van der Waals surface area contributed by atoms with E-state index in [1.165, 1.54) is 22.5 Å². The van der Waals surface area contributed by atoms with Gasteiger partial charge in [0.1, 0.15) is 0 Å². The summed E-state index contributed by atoms with van der Waals surface area (Å²) in [5, 5.41) is 0. The second kappa shape index (κ2) is 6.71. The van der Waals surface area contributed by atoms with Gasteiger partial charge in [0.25, 0.3) is 0 Å². The Labute approximate surface area is 155 Å². The second-order valence-corrected chi connectivity index (χ2v) is 8.10. The average Bonchev–Trinajstić information content (AvgIpc) is 2.65. The fourth-order valence-electron chi connectivity index (χ4n) is 3.83. The lowest BCUT2D eigenvalue weighted by Crippen LogP contribution is -2.50. The molecule has 0 aromatic carbocycles. The van der Waals surface area contributed by atoms with E-state index >= 15 is 0 Å². The van der Waals surface area contributed by atoms with Crippen molar-refractivity contribution in [3.63, 3.8) is 0 Å². The third-order valence-corrected chi connectivity index (χ3v) is 4.91. The van der Waals surface area contributed by atoms with Crippen LogP contribution in [-0.4, -0.2) is 34.6 Å². The van der Waals surface area contributed by atoms with Crippen molar-refractivity contribution in [1.29, 1.82) is 0 Å². The molecule has 0 N–H and O–H groups in total. The summed E-state index contributed by atoms with van der Waals surface area (Å²) < 4.78 is 0. The van der Waals surface area contributed by atoms with Crippen LogP contribution in [0.4, 0.5) is 11.4 Å². The highest BCUT2D eigenvalue weighted by atomic mass is 15.4. The summed E-state index contributed by atoms with van der Waals surface area (Å²) in [5.74, 6) is 1.05. The molecular formula is C21H27N5. The molecule has 136 valence electrons. The lowest BCUT2D eigenvalue weighted by molar-refractivity contribution is 0.576. The van der Waals surface area contributed by atoms with Crippen LogP contribution < -0.4 is 9.80 Å². The molecule has 0 atom stereocenters. The van der Waals surface area contributed by atoms with E-state index in [-0.39, 0.29) is 5.54 Å². The zero-order chi connectivity index (χ0) is 18.1. The van der Waals surface area contributed by atoms with Crippen LogP contribution in [0, 0.1) is 0 Å². The van der Waals surface area contributed by atoms with Crippen molar-refractivity contribution in [2.45, 2.75) is 52.0 Å². The van der Waals surface area contributed by atoms with E-state index in [0.717, 1.165) is 44.7 Å². The number of nitrogens with zero attached hydrogens (tertiary/aromatic N) is 5. The van der Waals surface area contributed by atoms with E-state index < -0.39 is 0 Å². The Morgan fingerprint density at radius 3 is 1.85 bits per heavy atom. The van der Waals surface area contributed by atoms with Crippen LogP contribution in [-0.2, 0) is 12.8 Å². The number of rotatable bonds is 0. The third kappa shape index (κ3) is 3.30. The van der Waals surface area contributed by atoms with Gasteiger partial charge in [-0.2, -0.15) is 0 Å². The van der Waals surface area contributed by atoms with Crippen LogP contribution >= 0.6 is 0 Å². The molecule has 0 spiro atoms. The molecule has 2 aliphatic rings. The van der Waals surface area contributed by atoms with Gasteiger partial charge in [0.05, 0.1) is 16.9 Å². The van der Waals surface area contributed by atoms with Crippen molar-refractivity contribution in [2.75, 3.05) is 22.9 Å². The molecule has 0 amide bonds. The van der Waals surface area contributed by atoms with Gasteiger partial charge in [0, 0.05) is 37.9 Å². The fourth-order valence-corrected chi connectivity index (χ4v) is 3.83. The van der Waals surface area contributed by atoms with Crippen molar-refractivity contribution in [2.24, 2.45) is 4.99 Å². The molecule has 2 aromatic heterocycles. The van der Waals surface area contributed by atoms with Crippen LogP contribution in [0.1, 0.15) is 44.7 Å². The quantitative estimate of drug-likeness (QED) is 0.535. The number of pyridine rings is 2. The van der Waals surface area contributed by atoms with Gasteiger partial charge in [-0.1, -0.05) is 0 Å². The maximum Gasteiger partial charge on any atom is 0.206 e. The fraction of sp³-hybridized carbons (Fsp3) is 0.476. The Bertz CT molecular complexity index is 762. The maximum atomic E-state index is 5.18. The highest BCUT2D eigenvalue weighted by Crippen LogP contribution is 2.32. The number of hydrogen-bond donors (Lipinski definition) is 0. The van der Waals surface area contributed by atoms with Crippen LogP contribution in [0.3, 0.4) is 0 Å². The van der Waals surface area contributed by atoms with Gasteiger partial charge in [-0.05, 0) is 69.7 Å². The van der Waals surface area contributed by atoms with E-state index in [1.54, 1.807) is 0 Å². The van der Waals surface area contributed by atoms with Gasteiger partial charge in [-0.3, -0.25) is 9.97 Å². The SMILES string of the molecule is CC(C)(C)N=C(N1CCCc2cnccc21)N1CCCc2cnccc21. The summed E-state index contributed by atoms with van der Waals surface area (Å²) in [7, 11) is 0. The van der Waals surface area contributed by atoms with Crippen LogP contribution in [0.25, 0.3) is 0 Å². The lowest BCUT2D eigenvalue weighted by Gasteiger charge is -2.40. The third-order valence-electron chi connectivity index (χ3n) is 4.91. The summed E-state index contributed by atoms with van der Waals surface area (Å²) in [4.78, 5) is 18.6. The minimum atomic E-state index is -0.148. The minimum absolute atomic E-state index is 0.148. The standard InChI is InChI=1S/C21H27N5/c1-21(2,3)24-20(25-12-4-6-16-14-22-10-8-18(16)25)26-13-5-7-17-15-23-11-9-19(17)26/h8-11,14-15H,4-7,12-13H2,1-3H3. The zero-order valence-electron chi connectivity index (χ0n) is 15.9. The number of guanidine groups is 1. The molecule has 2 aromatic rings. The Balaban J connectivity index is 1.83. The van der Waals surface area contributed by atoms with Crippen molar-refractivity contribution >= 4 is 17.3 Å². The van der Waals surface area contributed by atoms with E-state index in [4.69, 9.17) is 4.99 Å². The number of anilines is 2. The predicted molar refractivity (Wildman–Crippen MR) is 107 cm³/mol. The minimum Gasteiger partial charge on any atom is -0.312 e. The molecule has 0 bridgehead atoms. The smallest absolute Gasteiger partial charge is 0.206 e. The first kappa shape index (κ1) is 17.0. The van der Waals surface area contributed by atoms with E-state index in [0.29, 0.717) is 0 Å². The topological polar surface area (TPSA) is 44.6 Å². The van der Waals surface area contributed by atoms with Crippen molar-refractivity contribution in [1.82, 2.24) is 9.97 Å². The summed E-state index contributed by atoms with van der Waals surface area (Å²) in [6.07, 6.45) is 12.2. The van der Waals surface area contributed by atoms with E-state index in [1.807, 2.05) is 24.8 Å². The number of aliphatic imine (C=N–C) groups is 1. The van der Waals surface area contributed by atoms with E-state index in [9.17, 15) is 0 Å². The molecule has 0 saturated heterocycles. The second-order valence-electron chi connectivity index (χ2n) is 8.10. The van der Waals surface area contributed by atoms with Gasteiger partial charge in [-0.15, -0.1) is 0 Å².